The molecule has 0 aromatic carbocycles. The van der Waals surface area contributed by atoms with Crippen LogP contribution in [-0.4, -0.2) is 28.2 Å². The summed E-state index contributed by atoms with van der Waals surface area (Å²) in [6, 6.07) is 2.00. The van der Waals surface area contributed by atoms with Gasteiger partial charge in [-0.15, -0.1) is 0 Å². The van der Waals surface area contributed by atoms with E-state index < -0.39 is 10.0 Å². The van der Waals surface area contributed by atoms with Crippen molar-refractivity contribution in [3.63, 3.8) is 0 Å². The molecule has 0 spiro atoms. The van der Waals surface area contributed by atoms with Crippen molar-refractivity contribution in [1.82, 2.24) is 19.7 Å². The number of hydrogen-bond donors (Lipinski definition) is 2. The average molecular weight is 294 g/mol. The number of aromatic amines is 1. The molecule has 2 rings (SSSR count). The molecule has 0 saturated carbocycles. The van der Waals surface area contributed by atoms with Crippen molar-refractivity contribution in [2.45, 2.75) is 31.3 Å². The molecule has 2 heterocycles. The molecule has 2 aromatic rings. The molecule has 0 bridgehead atoms. The third-order valence-corrected chi connectivity index (χ3v) is 4.18. The maximum Gasteiger partial charge on any atom is 0.282 e. The van der Waals surface area contributed by atoms with E-state index in [0.717, 1.165) is 6.42 Å². The van der Waals surface area contributed by atoms with Crippen LogP contribution in [0.1, 0.15) is 31.9 Å². The zero-order valence-corrected chi connectivity index (χ0v) is 11.8. The number of aromatic nitrogens is 4. The van der Waals surface area contributed by atoms with Gasteiger partial charge >= 0.3 is 0 Å². The SMILES string of the molecule is CC[C@@H](C)n1cnc(S(=O)(=O)Nc2[nH]ncc2C#N)c1. The molecule has 0 aliphatic carbocycles. The summed E-state index contributed by atoms with van der Waals surface area (Å²) in [4.78, 5) is 3.89. The number of anilines is 1. The first-order valence-electron chi connectivity index (χ1n) is 5.97. The first-order chi connectivity index (χ1) is 9.47. The molecule has 2 N–H and O–H groups in total. The van der Waals surface area contributed by atoms with E-state index in [2.05, 4.69) is 19.9 Å². The fraction of sp³-hybridized carbons (Fsp3) is 0.364. The van der Waals surface area contributed by atoms with E-state index in [4.69, 9.17) is 5.26 Å². The summed E-state index contributed by atoms with van der Waals surface area (Å²) < 4.78 is 28.3. The summed E-state index contributed by atoms with van der Waals surface area (Å²) in [5, 5.41) is 14.8. The summed E-state index contributed by atoms with van der Waals surface area (Å²) >= 11 is 0. The lowest BCUT2D eigenvalue weighted by atomic mass is 10.3. The van der Waals surface area contributed by atoms with Crippen molar-refractivity contribution in [3.05, 3.63) is 24.3 Å². The molecule has 0 aliphatic heterocycles. The number of rotatable bonds is 5. The molecule has 106 valence electrons. The monoisotopic (exact) mass is 294 g/mol. The van der Waals surface area contributed by atoms with Crippen LogP contribution in [0.2, 0.25) is 0 Å². The Balaban J connectivity index is 2.27. The minimum atomic E-state index is -3.84. The lowest BCUT2D eigenvalue weighted by molar-refractivity contribution is 0.529. The third kappa shape index (κ3) is 2.65. The van der Waals surface area contributed by atoms with Gasteiger partial charge in [-0.2, -0.15) is 18.8 Å². The minimum absolute atomic E-state index is 0.0330. The Morgan fingerprint density at radius 2 is 2.35 bits per heavy atom. The predicted octanol–water partition coefficient (Wildman–Crippen LogP) is 1.25. The molecule has 0 saturated heterocycles. The quantitative estimate of drug-likeness (QED) is 0.860. The van der Waals surface area contributed by atoms with Gasteiger partial charge in [0.1, 0.15) is 11.6 Å². The Hall–Kier alpha value is -2.34. The van der Waals surface area contributed by atoms with E-state index in [1.54, 1.807) is 4.57 Å². The van der Waals surface area contributed by atoms with Gasteiger partial charge in [-0.3, -0.25) is 9.82 Å². The van der Waals surface area contributed by atoms with Gasteiger partial charge in [-0.1, -0.05) is 6.92 Å². The molecule has 2 aromatic heterocycles. The minimum Gasteiger partial charge on any atom is -0.333 e. The highest BCUT2D eigenvalue weighted by molar-refractivity contribution is 7.92. The van der Waals surface area contributed by atoms with Crippen molar-refractivity contribution in [2.24, 2.45) is 0 Å². The largest absolute Gasteiger partial charge is 0.333 e. The molecule has 0 amide bonds. The van der Waals surface area contributed by atoms with E-state index in [9.17, 15) is 8.42 Å². The lowest BCUT2D eigenvalue weighted by Gasteiger charge is -2.08. The Bertz CT molecular complexity index is 739. The van der Waals surface area contributed by atoms with Crippen LogP contribution >= 0.6 is 0 Å². The van der Waals surface area contributed by atoms with Crippen LogP contribution in [-0.2, 0) is 10.0 Å². The normalized spacial score (nSPS) is 12.8. The van der Waals surface area contributed by atoms with Gasteiger partial charge in [-0.05, 0) is 13.3 Å². The lowest BCUT2D eigenvalue weighted by Crippen LogP contribution is -2.14. The summed E-state index contributed by atoms with van der Waals surface area (Å²) in [7, 11) is -3.84. The highest BCUT2D eigenvalue weighted by Crippen LogP contribution is 2.17. The number of H-pyrrole nitrogens is 1. The summed E-state index contributed by atoms with van der Waals surface area (Å²) in [6.45, 7) is 3.97. The number of nitrogens with zero attached hydrogens (tertiary/aromatic N) is 4. The maximum absolute atomic E-state index is 12.1. The van der Waals surface area contributed by atoms with E-state index in [1.807, 2.05) is 19.9 Å². The second kappa shape index (κ2) is 5.34. The number of nitrogens with one attached hydrogen (secondary N) is 2. The molecule has 8 nitrogen and oxygen atoms in total. The second-order valence-corrected chi connectivity index (χ2v) is 5.92. The van der Waals surface area contributed by atoms with Crippen LogP contribution in [0.3, 0.4) is 0 Å². The highest BCUT2D eigenvalue weighted by Gasteiger charge is 2.20. The molecular formula is C11H14N6O2S. The third-order valence-electron chi connectivity index (χ3n) is 2.95. The van der Waals surface area contributed by atoms with Gasteiger partial charge < -0.3 is 4.57 Å². The Kier molecular flexibility index (Phi) is 3.76. The highest BCUT2D eigenvalue weighted by atomic mass is 32.2. The molecule has 0 unspecified atom stereocenters. The fourth-order valence-electron chi connectivity index (χ4n) is 1.54. The van der Waals surface area contributed by atoms with Crippen molar-refractivity contribution in [3.8, 4) is 6.07 Å². The van der Waals surface area contributed by atoms with Crippen molar-refractivity contribution >= 4 is 15.8 Å². The molecule has 0 fully saturated rings. The van der Waals surface area contributed by atoms with E-state index in [1.165, 1.54) is 18.7 Å². The number of imidazole rings is 1. The van der Waals surface area contributed by atoms with E-state index >= 15 is 0 Å². The van der Waals surface area contributed by atoms with Gasteiger partial charge in [0.15, 0.2) is 10.8 Å². The van der Waals surface area contributed by atoms with Gasteiger partial charge in [-0.25, -0.2) is 4.98 Å². The Morgan fingerprint density at radius 1 is 1.60 bits per heavy atom. The van der Waals surface area contributed by atoms with Crippen molar-refractivity contribution in [2.75, 3.05) is 4.72 Å². The molecule has 1 atom stereocenters. The first kappa shape index (κ1) is 14.1. The van der Waals surface area contributed by atoms with Crippen molar-refractivity contribution in [1.29, 1.82) is 5.26 Å². The van der Waals surface area contributed by atoms with Gasteiger partial charge in [0.2, 0.25) is 0 Å². The summed E-state index contributed by atoms with van der Waals surface area (Å²) in [6.07, 6.45) is 5.04. The average Bonchev–Trinajstić information content (AvgIpc) is 3.06. The molecule has 20 heavy (non-hydrogen) atoms. The van der Waals surface area contributed by atoms with E-state index in [-0.39, 0.29) is 22.4 Å². The molecular weight excluding hydrogens is 280 g/mol. The zero-order chi connectivity index (χ0) is 14.8. The predicted molar refractivity (Wildman–Crippen MR) is 71.3 cm³/mol. The van der Waals surface area contributed by atoms with Crippen LogP contribution in [0, 0.1) is 11.3 Å². The number of sulfonamides is 1. The maximum atomic E-state index is 12.1. The van der Waals surface area contributed by atoms with Crippen LogP contribution in [0.4, 0.5) is 5.82 Å². The summed E-state index contributed by atoms with van der Waals surface area (Å²) in [5.74, 6) is 0.0330. The molecule has 0 aliphatic rings. The first-order valence-corrected chi connectivity index (χ1v) is 7.46. The number of hydrogen-bond acceptors (Lipinski definition) is 5. The smallest absolute Gasteiger partial charge is 0.282 e. The topological polar surface area (TPSA) is 116 Å². The number of nitriles is 1. The molecule has 9 heteroatoms. The second-order valence-electron chi connectivity index (χ2n) is 4.29. The van der Waals surface area contributed by atoms with Gasteiger partial charge in [0.25, 0.3) is 10.0 Å². The van der Waals surface area contributed by atoms with Crippen LogP contribution < -0.4 is 4.72 Å². The van der Waals surface area contributed by atoms with Crippen LogP contribution in [0.5, 0.6) is 0 Å². The fourth-order valence-corrected chi connectivity index (χ4v) is 2.52. The standard InChI is InChI=1S/C11H14N6O2S/c1-3-8(2)17-6-10(13-7-17)20(18,19)16-11-9(4-12)5-14-15-11/h5-8H,3H2,1-2H3,(H2,14,15,16)/t8-/m1/s1. The van der Waals surface area contributed by atoms with Gasteiger partial charge in [0.05, 0.1) is 12.5 Å². The Labute approximate surface area is 116 Å². The molecule has 0 radical (unpaired) electrons. The summed E-state index contributed by atoms with van der Waals surface area (Å²) in [5.41, 5.74) is 0.120. The van der Waals surface area contributed by atoms with Crippen LogP contribution in [0.25, 0.3) is 0 Å². The zero-order valence-electron chi connectivity index (χ0n) is 11.0. The van der Waals surface area contributed by atoms with Gasteiger partial charge in [0, 0.05) is 12.2 Å². The Morgan fingerprint density at radius 3 is 3.00 bits per heavy atom. The van der Waals surface area contributed by atoms with E-state index in [0.29, 0.717) is 0 Å². The van der Waals surface area contributed by atoms with Crippen molar-refractivity contribution < 1.29 is 8.42 Å². The van der Waals surface area contributed by atoms with Crippen LogP contribution in [0.15, 0.2) is 23.7 Å².